The fourth-order valence-electron chi connectivity index (χ4n) is 3.17. The molecule has 6 nitrogen and oxygen atoms in total. The largest absolute Gasteiger partial charge is 0.457 e. The minimum atomic E-state index is -3.85. The molecule has 0 aliphatic heterocycles. The normalized spacial score (nSPS) is 11.2. The summed E-state index contributed by atoms with van der Waals surface area (Å²) in [5.41, 5.74) is 13.3. The minimum Gasteiger partial charge on any atom is -0.457 e. The van der Waals surface area contributed by atoms with Crippen LogP contribution in [0.2, 0.25) is 0 Å². The number of para-hydroxylation sites is 1. The Hall–Kier alpha value is -3.49. The zero-order chi connectivity index (χ0) is 23.6. The van der Waals surface area contributed by atoms with E-state index in [0.717, 1.165) is 10.0 Å². The van der Waals surface area contributed by atoms with Gasteiger partial charge in [-0.15, -0.1) is 0 Å². The Morgan fingerprint density at radius 1 is 0.727 bits per heavy atom. The first-order chi connectivity index (χ1) is 15.7. The second-order valence-corrected chi connectivity index (χ2v) is 10.2. The molecule has 4 rings (SSSR count). The molecule has 0 unspecified atom stereocenters. The van der Waals surface area contributed by atoms with Crippen molar-refractivity contribution in [2.75, 3.05) is 11.5 Å². The Kier molecular flexibility index (Phi) is 6.31. The minimum absolute atomic E-state index is 0.0396. The second-order valence-electron chi connectivity index (χ2n) is 7.33. The maximum atomic E-state index is 13.4. The van der Waals surface area contributed by atoms with Crippen molar-refractivity contribution in [2.45, 2.75) is 16.7 Å². The highest BCUT2D eigenvalue weighted by Gasteiger charge is 2.22. The molecule has 0 bridgehead atoms. The van der Waals surface area contributed by atoms with Crippen molar-refractivity contribution >= 4 is 37.1 Å². The molecule has 0 amide bonds. The Morgan fingerprint density at radius 2 is 1.39 bits per heavy atom. The summed E-state index contributed by atoms with van der Waals surface area (Å²) in [7, 11) is -3.85. The lowest BCUT2D eigenvalue weighted by Crippen LogP contribution is -2.04. The molecular weight excluding hydrogens is 504 g/mol. The molecule has 0 saturated carbocycles. The molecule has 0 aliphatic carbocycles. The van der Waals surface area contributed by atoms with Gasteiger partial charge in [0.1, 0.15) is 27.9 Å². The summed E-state index contributed by atoms with van der Waals surface area (Å²) >= 11 is 3.42. The third-order valence-electron chi connectivity index (χ3n) is 4.92. The van der Waals surface area contributed by atoms with Gasteiger partial charge in [-0.25, -0.2) is 8.42 Å². The molecule has 0 radical (unpaired) electrons. The van der Waals surface area contributed by atoms with Crippen LogP contribution in [0, 0.1) is 6.92 Å². The lowest BCUT2D eigenvalue weighted by Gasteiger charge is -2.13. The fraction of sp³-hybridized carbons (Fsp3) is 0.0400. The summed E-state index contributed by atoms with van der Waals surface area (Å²) in [4.78, 5) is 0.160. The van der Waals surface area contributed by atoms with Crippen LogP contribution in [0.5, 0.6) is 23.0 Å². The highest BCUT2D eigenvalue weighted by Crippen LogP contribution is 2.35. The Bertz CT molecular complexity index is 1420. The molecule has 0 spiro atoms. The van der Waals surface area contributed by atoms with Crippen molar-refractivity contribution in [3.63, 3.8) is 0 Å². The lowest BCUT2D eigenvalue weighted by atomic mass is 10.2. The van der Waals surface area contributed by atoms with Gasteiger partial charge in [-0.1, -0.05) is 28.1 Å². The average molecular weight is 525 g/mol. The van der Waals surface area contributed by atoms with Crippen LogP contribution >= 0.6 is 15.9 Å². The first kappa shape index (κ1) is 22.7. The van der Waals surface area contributed by atoms with Gasteiger partial charge in [0, 0.05) is 10.5 Å². The third kappa shape index (κ3) is 4.97. The summed E-state index contributed by atoms with van der Waals surface area (Å²) < 4.78 is 39.4. The van der Waals surface area contributed by atoms with Crippen LogP contribution in [0.1, 0.15) is 5.56 Å². The van der Waals surface area contributed by atoms with Gasteiger partial charge in [-0.3, -0.25) is 0 Å². The van der Waals surface area contributed by atoms with Gasteiger partial charge in [0.2, 0.25) is 9.84 Å². The van der Waals surface area contributed by atoms with Crippen LogP contribution in [0.25, 0.3) is 0 Å². The number of sulfone groups is 1. The predicted molar refractivity (Wildman–Crippen MR) is 133 cm³/mol. The van der Waals surface area contributed by atoms with E-state index in [1.54, 1.807) is 48.5 Å². The first-order valence-corrected chi connectivity index (χ1v) is 12.2. The van der Waals surface area contributed by atoms with E-state index in [2.05, 4.69) is 15.9 Å². The highest BCUT2D eigenvalue weighted by atomic mass is 79.9. The smallest absolute Gasteiger partial charge is 0.210 e. The molecule has 4 N–H and O–H groups in total. The quantitative estimate of drug-likeness (QED) is 0.285. The number of anilines is 2. The van der Waals surface area contributed by atoms with Crippen molar-refractivity contribution in [3.05, 3.63) is 95.0 Å². The number of halogens is 1. The molecule has 33 heavy (non-hydrogen) atoms. The Balaban J connectivity index is 1.61. The molecule has 0 saturated heterocycles. The van der Waals surface area contributed by atoms with Crippen LogP contribution in [-0.2, 0) is 9.84 Å². The topological polar surface area (TPSA) is 105 Å². The number of hydrogen-bond donors (Lipinski definition) is 2. The van der Waals surface area contributed by atoms with Gasteiger partial charge in [-0.2, -0.15) is 0 Å². The van der Waals surface area contributed by atoms with Crippen molar-refractivity contribution in [1.29, 1.82) is 0 Å². The number of nitrogens with two attached hydrogens (primary N) is 2. The van der Waals surface area contributed by atoms with Crippen LogP contribution in [0.4, 0.5) is 11.4 Å². The van der Waals surface area contributed by atoms with Gasteiger partial charge >= 0.3 is 0 Å². The van der Waals surface area contributed by atoms with Gasteiger partial charge in [0.05, 0.1) is 16.3 Å². The highest BCUT2D eigenvalue weighted by molar-refractivity contribution is 9.10. The second kappa shape index (κ2) is 9.17. The van der Waals surface area contributed by atoms with Crippen LogP contribution in [-0.4, -0.2) is 8.42 Å². The molecule has 8 heteroatoms. The number of nitrogen functional groups attached to an aromatic ring is 2. The summed E-state index contributed by atoms with van der Waals surface area (Å²) in [6.45, 7) is 1.94. The molecule has 168 valence electrons. The summed E-state index contributed by atoms with van der Waals surface area (Å²) in [5, 5.41) is 0. The zero-order valence-electron chi connectivity index (χ0n) is 17.7. The van der Waals surface area contributed by atoms with E-state index in [4.69, 9.17) is 20.9 Å². The SMILES string of the molecule is Cc1cc(Br)ccc1Oc1ccc(S(=O)(=O)c2ccccc2Oc2ccc(N)c(N)c2)cc1. The van der Waals surface area contributed by atoms with Crippen molar-refractivity contribution in [2.24, 2.45) is 0 Å². The van der Waals surface area contributed by atoms with E-state index in [1.807, 2.05) is 25.1 Å². The summed E-state index contributed by atoms with van der Waals surface area (Å²) in [6.07, 6.45) is 0. The molecule has 0 fully saturated rings. The molecule has 0 aromatic heterocycles. The van der Waals surface area contributed by atoms with Crippen LogP contribution in [0.15, 0.2) is 99.2 Å². The van der Waals surface area contributed by atoms with Crippen LogP contribution < -0.4 is 20.9 Å². The lowest BCUT2D eigenvalue weighted by molar-refractivity contribution is 0.468. The fourth-order valence-corrected chi connectivity index (χ4v) is 5.02. The van der Waals surface area contributed by atoms with E-state index in [0.29, 0.717) is 28.6 Å². The first-order valence-electron chi connectivity index (χ1n) is 9.95. The third-order valence-corrected chi connectivity index (χ3v) is 7.23. The van der Waals surface area contributed by atoms with Gasteiger partial charge in [-0.05, 0) is 79.2 Å². The standard InChI is InChI=1S/C25H21BrN2O4S/c1-16-14-17(26)6-13-23(16)31-18-7-10-20(11-8-18)33(29,30)25-5-3-2-4-24(25)32-19-9-12-21(27)22(28)15-19/h2-15H,27-28H2,1H3. The Morgan fingerprint density at radius 3 is 2.09 bits per heavy atom. The van der Waals surface area contributed by atoms with E-state index in [1.165, 1.54) is 18.2 Å². The van der Waals surface area contributed by atoms with E-state index in [-0.39, 0.29) is 15.5 Å². The molecular formula is C25H21BrN2O4S. The molecule has 4 aromatic carbocycles. The van der Waals surface area contributed by atoms with Gasteiger partial charge < -0.3 is 20.9 Å². The van der Waals surface area contributed by atoms with E-state index in [9.17, 15) is 8.42 Å². The predicted octanol–water partition coefficient (Wildman–Crippen LogP) is 6.34. The van der Waals surface area contributed by atoms with Crippen molar-refractivity contribution < 1.29 is 17.9 Å². The number of aryl methyl sites for hydroxylation is 1. The maximum absolute atomic E-state index is 13.4. The molecule has 0 atom stereocenters. The van der Waals surface area contributed by atoms with Crippen LogP contribution in [0.3, 0.4) is 0 Å². The maximum Gasteiger partial charge on any atom is 0.210 e. The van der Waals surface area contributed by atoms with Gasteiger partial charge in [0.25, 0.3) is 0 Å². The number of ether oxygens (including phenoxy) is 2. The zero-order valence-corrected chi connectivity index (χ0v) is 20.1. The number of rotatable bonds is 6. The van der Waals surface area contributed by atoms with E-state index >= 15 is 0 Å². The van der Waals surface area contributed by atoms with Gasteiger partial charge in [0.15, 0.2) is 0 Å². The average Bonchev–Trinajstić information content (AvgIpc) is 2.79. The Labute approximate surface area is 200 Å². The van der Waals surface area contributed by atoms with Crippen molar-refractivity contribution in [1.82, 2.24) is 0 Å². The number of hydrogen-bond acceptors (Lipinski definition) is 6. The summed E-state index contributed by atoms with van der Waals surface area (Å²) in [6, 6.07) is 23.2. The van der Waals surface area contributed by atoms with E-state index < -0.39 is 9.84 Å². The number of benzene rings is 4. The molecule has 0 heterocycles. The molecule has 4 aromatic rings. The summed E-state index contributed by atoms with van der Waals surface area (Å²) in [5.74, 6) is 1.79. The van der Waals surface area contributed by atoms with Crippen molar-refractivity contribution in [3.8, 4) is 23.0 Å². The monoisotopic (exact) mass is 524 g/mol. The molecule has 0 aliphatic rings.